The van der Waals surface area contributed by atoms with Crippen molar-refractivity contribution in [3.8, 4) is 0 Å². The summed E-state index contributed by atoms with van der Waals surface area (Å²) in [7, 11) is 5.16. The number of aliphatic hydroxyl groups is 3. The number of hydrogen-bond acceptors (Lipinski definition) is 11. The number of methoxy groups -OCH3 is 1. The molecular formula is C30H53NO10. The Kier molecular flexibility index (Phi) is 12.1. The van der Waals surface area contributed by atoms with Gasteiger partial charge in [-0.25, -0.2) is 0 Å². The highest BCUT2D eigenvalue weighted by molar-refractivity contribution is 6.00. The summed E-state index contributed by atoms with van der Waals surface area (Å²) < 4.78 is 24.0. The molecule has 1 unspecified atom stereocenters. The third-order valence-electron chi connectivity index (χ3n) is 9.31. The Morgan fingerprint density at radius 3 is 2.10 bits per heavy atom. The van der Waals surface area contributed by atoms with Crippen LogP contribution in [0.15, 0.2) is 0 Å². The predicted molar refractivity (Wildman–Crippen MR) is 151 cm³/mol. The second-order valence-electron chi connectivity index (χ2n) is 12.9. The van der Waals surface area contributed by atoms with Gasteiger partial charge in [0, 0.05) is 30.9 Å². The van der Waals surface area contributed by atoms with Crippen molar-refractivity contribution in [1.82, 2.24) is 4.90 Å². The first-order valence-corrected chi connectivity index (χ1v) is 14.7. The fourth-order valence-electron chi connectivity index (χ4n) is 6.43. The normalized spacial score (nSPS) is 45.8. The molecule has 0 saturated carbocycles. The van der Waals surface area contributed by atoms with Crippen molar-refractivity contribution < 1.29 is 48.7 Å². The van der Waals surface area contributed by atoms with Crippen LogP contribution in [0, 0.1) is 23.7 Å². The highest BCUT2D eigenvalue weighted by Gasteiger charge is 2.51. The standard InChI is InChI=1S/C30H53NO10/c1-12-21-30(8,37)25(35)17(4)22(32)15(2)14-29(7,38-11)26(18(5)23(33)19(6)27(36)40-21)41-28-24(34)20(31(9)10)13-16(3)39-28/h15-21,24-26,28,34-35,37H,12-14H2,1-11H3/t15-,16-,17+,18+,19-,20+,21-,24-,25-,26-,28?,29+,30-/m1/s1. The lowest BCUT2D eigenvalue weighted by atomic mass is 9.74. The average molecular weight is 588 g/mol. The number of ether oxygens (including phenoxy) is 4. The number of ketones is 2. The van der Waals surface area contributed by atoms with Gasteiger partial charge in [-0.15, -0.1) is 0 Å². The third kappa shape index (κ3) is 7.55. The molecule has 2 fully saturated rings. The van der Waals surface area contributed by atoms with Crippen molar-refractivity contribution in [2.24, 2.45) is 23.7 Å². The summed E-state index contributed by atoms with van der Waals surface area (Å²) in [5, 5.41) is 33.5. The van der Waals surface area contributed by atoms with Gasteiger partial charge >= 0.3 is 5.97 Å². The fraction of sp³-hybridized carbons (Fsp3) is 0.900. The van der Waals surface area contributed by atoms with E-state index in [2.05, 4.69) is 0 Å². The molecule has 0 aromatic rings. The fourth-order valence-corrected chi connectivity index (χ4v) is 6.43. The Bertz CT molecular complexity index is 925. The number of likely N-dealkylation sites (N-methyl/N-ethyl adjacent to an activating group) is 1. The lowest BCUT2D eigenvalue weighted by molar-refractivity contribution is -0.295. The monoisotopic (exact) mass is 587 g/mol. The van der Waals surface area contributed by atoms with Crippen LogP contribution < -0.4 is 0 Å². The van der Waals surface area contributed by atoms with Crippen LogP contribution in [0.2, 0.25) is 0 Å². The van der Waals surface area contributed by atoms with E-state index in [1.807, 2.05) is 25.9 Å². The molecule has 0 aromatic heterocycles. The maximum atomic E-state index is 13.8. The maximum absolute atomic E-state index is 13.8. The first-order chi connectivity index (χ1) is 18.8. The quantitative estimate of drug-likeness (QED) is 0.318. The van der Waals surface area contributed by atoms with E-state index in [0.29, 0.717) is 6.42 Å². The van der Waals surface area contributed by atoms with Crippen LogP contribution in [0.1, 0.15) is 74.7 Å². The summed E-state index contributed by atoms with van der Waals surface area (Å²) in [6.45, 7) is 12.9. The van der Waals surface area contributed by atoms with E-state index in [9.17, 15) is 29.7 Å². The third-order valence-corrected chi connectivity index (χ3v) is 9.31. The number of rotatable bonds is 5. The number of carbonyl (C=O) groups excluding carboxylic acids is 3. The van der Waals surface area contributed by atoms with Crippen LogP contribution >= 0.6 is 0 Å². The van der Waals surface area contributed by atoms with E-state index in [1.165, 1.54) is 27.9 Å². The molecule has 11 heteroatoms. The van der Waals surface area contributed by atoms with Crippen molar-refractivity contribution in [1.29, 1.82) is 0 Å². The van der Waals surface area contributed by atoms with Gasteiger partial charge in [-0.3, -0.25) is 14.4 Å². The van der Waals surface area contributed by atoms with Crippen LogP contribution in [-0.2, 0) is 33.3 Å². The zero-order valence-electron chi connectivity index (χ0n) is 26.6. The number of carbonyl (C=O) groups is 3. The van der Waals surface area contributed by atoms with Gasteiger partial charge in [0.05, 0.1) is 23.9 Å². The largest absolute Gasteiger partial charge is 0.459 e. The molecule has 2 heterocycles. The summed E-state index contributed by atoms with van der Waals surface area (Å²) in [6, 6.07) is -0.266. The van der Waals surface area contributed by atoms with E-state index in [4.69, 9.17) is 18.9 Å². The van der Waals surface area contributed by atoms with E-state index in [1.54, 1.807) is 27.7 Å². The van der Waals surface area contributed by atoms with E-state index in [-0.39, 0.29) is 30.8 Å². The molecular weight excluding hydrogens is 534 g/mol. The average Bonchev–Trinajstić information content (AvgIpc) is 2.92. The first-order valence-electron chi connectivity index (χ1n) is 14.7. The molecule has 2 aliphatic heterocycles. The van der Waals surface area contributed by atoms with Crippen LogP contribution in [0.5, 0.6) is 0 Å². The number of Topliss-reactive ketones (excluding diaryl/α,β-unsaturated/α-hetero) is 2. The molecule has 0 radical (unpaired) electrons. The minimum Gasteiger partial charge on any atom is -0.459 e. The number of nitrogens with zero attached hydrogens (tertiary/aromatic N) is 1. The van der Waals surface area contributed by atoms with Gasteiger partial charge in [-0.05, 0) is 61.1 Å². The topological polar surface area (TPSA) is 152 Å². The Morgan fingerprint density at radius 2 is 1.59 bits per heavy atom. The minimum atomic E-state index is -1.94. The van der Waals surface area contributed by atoms with Crippen molar-refractivity contribution in [2.75, 3.05) is 21.2 Å². The molecule has 41 heavy (non-hydrogen) atoms. The molecule has 2 saturated heterocycles. The number of cyclic esters (lactones) is 1. The smallest absolute Gasteiger partial charge is 0.316 e. The molecule has 0 spiro atoms. The van der Waals surface area contributed by atoms with Crippen LogP contribution in [-0.4, -0.2) is 113 Å². The predicted octanol–water partition coefficient (Wildman–Crippen LogP) is 1.72. The SMILES string of the molecule is CC[C@H]1OC(=O)[C@H](C)C(=O)[C@H](C)[C@@H](OC2O[C@H](C)C[C@H](N(C)C)[C@H]2O)[C@@](C)(OC)C[C@@H](C)C(=O)[C@H](C)[C@@H](O)[C@]1(C)O. The van der Waals surface area contributed by atoms with Crippen molar-refractivity contribution in [2.45, 2.75) is 129 Å². The van der Waals surface area contributed by atoms with Gasteiger partial charge < -0.3 is 39.2 Å². The van der Waals surface area contributed by atoms with E-state index >= 15 is 0 Å². The Hall–Kier alpha value is -1.47. The number of hydrogen-bond donors (Lipinski definition) is 3. The summed E-state index contributed by atoms with van der Waals surface area (Å²) in [4.78, 5) is 42.5. The minimum absolute atomic E-state index is 0.0926. The molecule has 238 valence electrons. The van der Waals surface area contributed by atoms with Crippen molar-refractivity contribution >= 4 is 17.5 Å². The summed E-state index contributed by atoms with van der Waals surface area (Å²) >= 11 is 0. The highest BCUT2D eigenvalue weighted by atomic mass is 16.7. The molecule has 0 amide bonds. The Labute approximate surface area is 244 Å². The summed E-state index contributed by atoms with van der Waals surface area (Å²) in [5.74, 6) is -5.55. The van der Waals surface area contributed by atoms with E-state index < -0.39 is 77.3 Å². The molecule has 3 N–H and O–H groups in total. The maximum Gasteiger partial charge on any atom is 0.316 e. The lowest BCUT2D eigenvalue weighted by Crippen LogP contribution is -2.60. The summed E-state index contributed by atoms with van der Waals surface area (Å²) in [6.07, 6.45) is -5.31. The summed E-state index contributed by atoms with van der Waals surface area (Å²) in [5.41, 5.74) is -3.20. The Balaban J connectivity index is 2.61. The molecule has 0 aliphatic carbocycles. The zero-order valence-corrected chi connectivity index (χ0v) is 26.6. The van der Waals surface area contributed by atoms with E-state index in [0.717, 1.165) is 0 Å². The highest BCUT2D eigenvalue weighted by Crippen LogP contribution is 2.38. The number of esters is 1. The Morgan fingerprint density at radius 1 is 1.00 bits per heavy atom. The molecule has 2 rings (SSSR count). The van der Waals surface area contributed by atoms with Crippen molar-refractivity contribution in [3.05, 3.63) is 0 Å². The second kappa shape index (κ2) is 13.9. The van der Waals surface area contributed by atoms with Crippen molar-refractivity contribution in [3.63, 3.8) is 0 Å². The van der Waals surface area contributed by atoms with Gasteiger partial charge in [-0.1, -0.05) is 27.7 Å². The van der Waals surface area contributed by atoms with Gasteiger partial charge in [-0.2, -0.15) is 0 Å². The molecule has 2 aliphatic rings. The van der Waals surface area contributed by atoms with Crippen LogP contribution in [0.4, 0.5) is 0 Å². The van der Waals surface area contributed by atoms with Gasteiger partial charge in [0.15, 0.2) is 12.1 Å². The molecule has 0 aromatic carbocycles. The van der Waals surface area contributed by atoms with Gasteiger partial charge in [0.25, 0.3) is 0 Å². The molecule has 0 bridgehead atoms. The molecule has 13 atom stereocenters. The zero-order chi connectivity index (χ0) is 31.6. The second-order valence-corrected chi connectivity index (χ2v) is 12.9. The van der Waals surface area contributed by atoms with Crippen LogP contribution in [0.25, 0.3) is 0 Å². The van der Waals surface area contributed by atoms with Gasteiger partial charge in [0.2, 0.25) is 0 Å². The van der Waals surface area contributed by atoms with Gasteiger partial charge in [0.1, 0.15) is 29.5 Å². The lowest BCUT2D eigenvalue weighted by Gasteiger charge is -2.47. The molecule has 11 nitrogen and oxygen atoms in total. The number of aliphatic hydroxyl groups excluding tert-OH is 2. The first kappa shape index (κ1) is 35.7. The van der Waals surface area contributed by atoms with Crippen LogP contribution in [0.3, 0.4) is 0 Å².